The molecule has 1 N–H and O–H groups in total. The molecule has 0 amide bonds. The SMILES string of the molecule is CCN(CC)CCCC(C)Nc1cccc2cc(OC)cnc12. The maximum absolute atomic E-state index is 5.25. The van der Waals surface area contributed by atoms with Crippen LogP contribution >= 0.6 is 0 Å². The number of ether oxygens (including phenoxy) is 1. The van der Waals surface area contributed by atoms with Crippen molar-refractivity contribution >= 4 is 16.6 Å². The fourth-order valence-electron chi connectivity index (χ4n) is 2.87. The summed E-state index contributed by atoms with van der Waals surface area (Å²) in [6.07, 6.45) is 4.14. The summed E-state index contributed by atoms with van der Waals surface area (Å²) in [5.74, 6) is 0.793. The monoisotopic (exact) mass is 315 g/mol. The minimum Gasteiger partial charge on any atom is -0.495 e. The molecule has 1 unspecified atom stereocenters. The highest BCUT2D eigenvalue weighted by atomic mass is 16.5. The van der Waals surface area contributed by atoms with E-state index < -0.39 is 0 Å². The minimum absolute atomic E-state index is 0.431. The normalized spacial score (nSPS) is 12.6. The Morgan fingerprint density at radius 2 is 2.04 bits per heavy atom. The number of fused-ring (bicyclic) bond motifs is 1. The van der Waals surface area contributed by atoms with E-state index in [0.717, 1.165) is 41.9 Å². The number of benzene rings is 1. The summed E-state index contributed by atoms with van der Waals surface area (Å²) < 4.78 is 5.25. The van der Waals surface area contributed by atoms with Gasteiger partial charge in [-0.1, -0.05) is 26.0 Å². The molecule has 2 aromatic rings. The van der Waals surface area contributed by atoms with Gasteiger partial charge >= 0.3 is 0 Å². The van der Waals surface area contributed by atoms with Crippen LogP contribution in [0.2, 0.25) is 0 Å². The second-order valence-electron chi connectivity index (χ2n) is 5.97. The number of hydrogen-bond acceptors (Lipinski definition) is 4. The molecule has 0 bridgehead atoms. The summed E-state index contributed by atoms with van der Waals surface area (Å²) >= 11 is 0. The first-order chi connectivity index (χ1) is 11.2. The van der Waals surface area contributed by atoms with Crippen LogP contribution in [0.5, 0.6) is 5.75 Å². The van der Waals surface area contributed by atoms with Crippen molar-refractivity contribution in [2.45, 2.75) is 39.7 Å². The molecule has 0 saturated heterocycles. The van der Waals surface area contributed by atoms with Gasteiger partial charge in [0.25, 0.3) is 0 Å². The van der Waals surface area contributed by atoms with Crippen molar-refractivity contribution in [3.05, 3.63) is 30.5 Å². The zero-order valence-electron chi connectivity index (χ0n) is 14.8. The molecule has 1 aromatic carbocycles. The summed E-state index contributed by atoms with van der Waals surface area (Å²) in [7, 11) is 1.67. The van der Waals surface area contributed by atoms with E-state index in [1.54, 1.807) is 13.3 Å². The van der Waals surface area contributed by atoms with Gasteiger partial charge in [0.2, 0.25) is 0 Å². The number of nitrogens with one attached hydrogen (secondary N) is 1. The zero-order valence-corrected chi connectivity index (χ0v) is 14.8. The molecule has 0 saturated carbocycles. The molecule has 126 valence electrons. The predicted octanol–water partition coefficient (Wildman–Crippen LogP) is 4.17. The highest BCUT2D eigenvalue weighted by Crippen LogP contribution is 2.25. The van der Waals surface area contributed by atoms with Crippen LogP contribution in [-0.4, -0.2) is 42.7 Å². The molecule has 0 fully saturated rings. The van der Waals surface area contributed by atoms with Gasteiger partial charge < -0.3 is 15.0 Å². The van der Waals surface area contributed by atoms with E-state index in [0.29, 0.717) is 6.04 Å². The Morgan fingerprint density at radius 1 is 1.26 bits per heavy atom. The van der Waals surface area contributed by atoms with Crippen LogP contribution in [0.4, 0.5) is 5.69 Å². The van der Waals surface area contributed by atoms with Gasteiger partial charge in [0.05, 0.1) is 24.5 Å². The first-order valence-corrected chi connectivity index (χ1v) is 8.59. The third-order valence-corrected chi connectivity index (χ3v) is 4.33. The number of anilines is 1. The van der Waals surface area contributed by atoms with Crippen LogP contribution in [0.1, 0.15) is 33.6 Å². The van der Waals surface area contributed by atoms with E-state index in [9.17, 15) is 0 Å². The Kier molecular flexibility index (Phi) is 6.66. The number of hydrogen-bond donors (Lipinski definition) is 1. The van der Waals surface area contributed by atoms with Gasteiger partial charge in [0, 0.05) is 11.4 Å². The van der Waals surface area contributed by atoms with Gasteiger partial charge in [-0.05, 0) is 51.5 Å². The molecule has 0 aliphatic heterocycles. The van der Waals surface area contributed by atoms with Gasteiger partial charge in [-0.2, -0.15) is 0 Å². The van der Waals surface area contributed by atoms with Crippen molar-refractivity contribution in [1.82, 2.24) is 9.88 Å². The lowest BCUT2D eigenvalue weighted by atomic mass is 10.1. The van der Waals surface area contributed by atoms with Crippen molar-refractivity contribution in [3.63, 3.8) is 0 Å². The molecule has 4 nitrogen and oxygen atoms in total. The highest BCUT2D eigenvalue weighted by Gasteiger charge is 2.08. The van der Waals surface area contributed by atoms with Crippen LogP contribution in [0.25, 0.3) is 10.9 Å². The van der Waals surface area contributed by atoms with E-state index in [-0.39, 0.29) is 0 Å². The average Bonchev–Trinajstić information content (AvgIpc) is 2.58. The molecule has 1 atom stereocenters. The molecule has 0 aliphatic rings. The van der Waals surface area contributed by atoms with E-state index in [4.69, 9.17) is 4.74 Å². The number of methoxy groups -OCH3 is 1. The van der Waals surface area contributed by atoms with Crippen LogP contribution in [0.3, 0.4) is 0 Å². The number of nitrogens with zero attached hydrogens (tertiary/aromatic N) is 2. The van der Waals surface area contributed by atoms with E-state index in [1.807, 2.05) is 6.07 Å². The Hall–Kier alpha value is -1.81. The molecule has 0 spiro atoms. The summed E-state index contributed by atoms with van der Waals surface area (Å²) in [4.78, 5) is 7.02. The van der Waals surface area contributed by atoms with Crippen LogP contribution in [0.15, 0.2) is 30.5 Å². The van der Waals surface area contributed by atoms with Crippen molar-refractivity contribution in [2.75, 3.05) is 32.1 Å². The molecule has 1 heterocycles. The fraction of sp³-hybridized carbons (Fsp3) is 0.526. The molecular weight excluding hydrogens is 286 g/mol. The number of rotatable bonds is 9. The quantitative estimate of drug-likeness (QED) is 0.754. The predicted molar refractivity (Wildman–Crippen MR) is 98.4 cm³/mol. The Morgan fingerprint density at radius 3 is 2.74 bits per heavy atom. The Bertz CT molecular complexity index is 611. The Labute approximate surface area is 139 Å². The second-order valence-corrected chi connectivity index (χ2v) is 5.97. The maximum atomic E-state index is 5.25. The van der Waals surface area contributed by atoms with E-state index >= 15 is 0 Å². The van der Waals surface area contributed by atoms with Gasteiger partial charge in [-0.15, -0.1) is 0 Å². The molecule has 0 radical (unpaired) electrons. The fourth-order valence-corrected chi connectivity index (χ4v) is 2.87. The Balaban J connectivity index is 1.98. The first-order valence-electron chi connectivity index (χ1n) is 8.59. The lowest BCUT2D eigenvalue weighted by Crippen LogP contribution is -2.25. The maximum Gasteiger partial charge on any atom is 0.137 e. The highest BCUT2D eigenvalue weighted by molar-refractivity contribution is 5.91. The van der Waals surface area contributed by atoms with Gasteiger partial charge in [0.1, 0.15) is 5.75 Å². The number of aromatic nitrogens is 1. The number of pyridine rings is 1. The minimum atomic E-state index is 0.431. The third-order valence-electron chi connectivity index (χ3n) is 4.33. The van der Waals surface area contributed by atoms with Gasteiger partial charge in [-0.25, -0.2) is 0 Å². The van der Waals surface area contributed by atoms with E-state index in [2.05, 4.69) is 54.2 Å². The summed E-state index contributed by atoms with van der Waals surface area (Å²) in [6, 6.07) is 8.69. The smallest absolute Gasteiger partial charge is 0.137 e. The molecular formula is C19H29N3O. The largest absolute Gasteiger partial charge is 0.495 e. The van der Waals surface area contributed by atoms with Gasteiger partial charge in [-0.3, -0.25) is 4.98 Å². The lowest BCUT2D eigenvalue weighted by Gasteiger charge is -2.20. The van der Waals surface area contributed by atoms with Crippen molar-refractivity contribution in [1.29, 1.82) is 0 Å². The van der Waals surface area contributed by atoms with E-state index in [1.165, 1.54) is 13.0 Å². The van der Waals surface area contributed by atoms with Gasteiger partial charge in [0.15, 0.2) is 0 Å². The molecule has 2 rings (SSSR count). The molecule has 23 heavy (non-hydrogen) atoms. The third kappa shape index (κ3) is 4.83. The standard InChI is InChI=1S/C19H29N3O/c1-5-22(6-2)12-8-9-15(3)21-18-11-7-10-16-13-17(23-4)14-20-19(16)18/h7,10-11,13-15,21H,5-6,8-9,12H2,1-4H3. The topological polar surface area (TPSA) is 37.4 Å². The average molecular weight is 315 g/mol. The molecule has 4 heteroatoms. The summed E-state index contributed by atoms with van der Waals surface area (Å²) in [5, 5.41) is 4.71. The van der Waals surface area contributed by atoms with Crippen LogP contribution < -0.4 is 10.1 Å². The van der Waals surface area contributed by atoms with Crippen LogP contribution in [-0.2, 0) is 0 Å². The van der Waals surface area contributed by atoms with Crippen LogP contribution in [0, 0.1) is 0 Å². The molecule has 0 aliphatic carbocycles. The van der Waals surface area contributed by atoms with Crippen molar-refractivity contribution in [3.8, 4) is 5.75 Å². The molecule has 1 aromatic heterocycles. The summed E-state index contributed by atoms with van der Waals surface area (Å²) in [5.41, 5.74) is 2.10. The van der Waals surface area contributed by atoms with Crippen molar-refractivity contribution < 1.29 is 4.74 Å². The lowest BCUT2D eigenvalue weighted by molar-refractivity contribution is 0.295. The second kappa shape index (κ2) is 8.73. The zero-order chi connectivity index (χ0) is 16.7. The first kappa shape index (κ1) is 17.5. The van der Waals surface area contributed by atoms with Crippen molar-refractivity contribution in [2.24, 2.45) is 0 Å². The summed E-state index contributed by atoms with van der Waals surface area (Å²) in [6.45, 7) is 10.1. The number of para-hydroxylation sites is 1.